The zero-order valence-electron chi connectivity index (χ0n) is 10.7. The van der Waals surface area contributed by atoms with Gasteiger partial charge in [-0.1, -0.05) is 28.1 Å². The summed E-state index contributed by atoms with van der Waals surface area (Å²) in [6.07, 6.45) is 0. The number of nitro benzene ring substituents is 1. The summed E-state index contributed by atoms with van der Waals surface area (Å²) in [7, 11) is 0. The predicted molar refractivity (Wildman–Crippen MR) is 84.2 cm³/mol. The first-order valence-electron chi connectivity index (χ1n) is 5.91. The van der Waals surface area contributed by atoms with Crippen molar-refractivity contribution >= 4 is 37.5 Å². The fourth-order valence-electron chi connectivity index (χ4n) is 1.70. The molecule has 0 amide bonds. The third kappa shape index (κ3) is 4.01. The van der Waals surface area contributed by atoms with E-state index in [-0.39, 0.29) is 23.9 Å². The second-order valence-electron chi connectivity index (χ2n) is 4.23. The SMILES string of the molecule is O=[N+]([O-])c1ccc(CBr)cc1OCc1ccc(F)c(Br)c1. The van der Waals surface area contributed by atoms with E-state index in [0.717, 1.165) is 5.56 Å². The van der Waals surface area contributed by atoms with Gasteiger partial charge in [-0.25, -0.2) is 4.39 Å². The molecular formula is C14H10Br2FNO3. The number of ether oxygens (including phenoxy) is 1. The second kappa shape index (κ2) is 7.00. The first-order chi connectivity index (χ1) is 10.0. The Labute approximate surface area is 137 Å². The van der Waals surface area contributed by atoms with E-state index < -0.39 is 4.92 Å². The molecule has 0 saturated carbocycles. The molecule has 0 aliphatic heterocycles. The van der Waals surface area contributed by atoms with Gasteiger partial charge in [-0.2, -0.15) is 0 Å². The van der Waals surface area contributed by atoms with Gasteiger partial charge >= 0.3 is 5.69 Å². The molecule has 0 radical (unpaired) electrons. The van der Waals surface area contributed by atoms with Crippen LogP contribution < -0.4 is 4.74 Å². The zero-order valence-corrected chi connectivity index (χ0v) is 13.9. The Morgan fingerprint density at radius 2 is 1.90 bits per heavy atom. The van der Waals surface area contributed by atoms with E-state index in [2.05, 4.69) is 31.9 Å². The molecule has 2 aromatic carbocycles. The van der Waals surface area contributed by atoms with Gasteiger partial charge in [0.25, 0.3) is 0 Å². The highest BCUT2D eigenvalue weighted by Gasteiger charge is 2.15. The smallest absolute Gasteiger partial charge is 0.310 e. The van der Waals surface area contributed by atoms with Gasteiger partial charge in [-0.15, -0.1) is 0 Å². The molecule has 2 aromatic rings. The number of rotatable bonds is 5. The van der Waals surface area contributed by atoms with E-state index in [9.17, 15) is 14.5 Å². The van der Waals surface area contributed by atoms with Gasteiger partial charge in [0.05, 0.1) is 9.40 Å². The molecule has 2 rings (SSSR count). The number of benzene rings is 2. The van der Waals surface area contributed by atoms with Crippen LogP contribution in [0.4, 0.5) is 10.1 Å². The van der Waals surface area contributed by atoms with Crippen LogP contribution in [-0.4, -0.2) is 4.92 Å². The highest BCUT2D eigenvalue weighted by Crippen LogP contribution is 2.29. The van der Waals surface area contributed by atoms with Crippen molar-refractivity contribution in [3.05, 3.63) is 67.9 Å². The van der Waals surface area contributed by atoms with Gasteiger partial charge in [-0.05, 0) is 45.3 Å². The van der Waals surface area contributed by atoms with Crippen molar-refractivity contribution in [2.75, 3.05) is 0 Å². The van der Waals surface area contributed by atoms with E-state index >= 15 is 0 Å². The van der Waals surface area contributed by atoms with Gasteiger partial charge in [0.1, 0.15) is 12.4 Å². The van der Waals surface area contributed by atoms with Gasteiger partial charge in [0.2, 0.25) is 0 Å². The van der Waals surface area contributed by atoms with E-state index in [0.29, 0.717) is 15.4 Å². The maximum absolute atomic E-state index is 13.1. The molecule has 0 N–H and O–H groups in total. The average molecular weight is 419 g/mol. The fourth-order valence-corrected chi connectivity index (χ4v) is 2.47. The monoisotopic (exact) mass is 417 g/mol. The highest BCUT2D eigenvalue weighted by atomic mass is 79.9. The van der Waals surface area contributed by atoms with Crippen molar-refractivity contribution < 1.29 is 14.1 Å². The lowest BCUT2D eigenvalue weighted by atomic mass is 10.2. The van der Waals surface area contributed by atoms with Crippen molar-refractivity contribution in [3.8, 4) is 5.75 Å². The van der Waals surface area contributed by atoms with Crippen LogP contribution in [0.3, 0.4) is 0 Å². The zero-order chi connectivity index (χ0) is 15.4. The van der Waals surface area contributed by atoms with Crippen LogP contribution >= 0.6 is 31.9 Å². The lowest BCUT2D eigenvalue weighted by Gasteiger charge is -2.08. The molecule has 0 heterocycles. The van der Waals surface area contributed by atoms with E-state index in [1.807, 2.05) is 0 Å². The number of halogens is 3. The minimum absolute atomic E-state index is 0.0964. The predicted octanol–water partition coefficient (Wildman–Crippen LogP) is 4.97. The molecule has 0 bridgehead atoms. The maximum atomic E-state index is 13.1. The van der Waals surface area contributed by atoms with Crippen LogP contribution in [0.5, 0.6) is 5.75 Å². The molecule has 21 heavy (non-hydrogen) atoms. The molecule has 0 fully saturated rings. The summed E-state index contributed by atoms with van der Waals surface area (Å²) in [5.41, 5.74) is 1.48. The summed E-state index contributed by atoms with van der Waals surface area (Å²) in [6, 6.07) is 9.15. The molecule has 0 saturated heterocycles. The fraction of sp³-hybridized carbons (Fsp3) is 0.143. The average Bonchev–Trinajstić information content (AvgIpc) is 2.48. The van der Waals surface area contributed by atoms with Crippen molar-refractivity contribution in [1.82, 2.24) is 0 Å². The normalized spacial score (nSPS) is 10.4. The van der Waals surface area contributed by atoms with Gasteiger partial charge in [0, 0.05) is 11.4 Å². The van der Waals surface area contributed by atoms with Crippen molar-refractivity contribution in [2.45, 2.75) is 11.9 Å². The Morgan fingerprint density at radius 1 is 1.19 bits per heavy atom. The largest absolute Gasteiger partial charge is 0.482 e. The van der Waals surface area contributed by atoms with Crippen LogP contribution in [0.2, 0.25) is 0 Å². The molecular weight excluding hydrogens is 409 g/mol. The van der Waals surface area contributed by atoms with Crippen LogP contribution in [0.15, 0.2) is 40.9 Å². The topological polar surface area (TPSA) is 52.4 Å². The van der Waals surface area contributed by atoms with Crippen LogP contribution in [0.1, 0.15) is 11.1 Å². The van der Waals surface area contributed by atoms with E-state index in [1.165, 1.54) is 12.1 Å². The Balaban J connectivity index is 2.21. The minimum atomic E-state index is -0.492. The quantitative estimate of drug-likeness (QED) is 0.391. The molecule has 110 valence electrons. The lowest BCUT2D eigenvalue weighted by Crippen LogP contribution is -2.00. The Kier molecular flexibility index (Phi) is 5.30. The van der Waals surface area contributed by atoms with Crippen LogP contribution in [-0.2, 0) is 11.9 Å². The van der Waals surface area contributed by atoms with Crippen molar-refractivity contribution in [3.63, 3.8) is 0 Å². The van der Waals surface area contributed by atoms with Gasteiger partial charge in [-0.3, -0.25) is 10.1 Å². The summed E-state index contributed by atoms with van der Waals surface area (Å²) in [5, 5.41) is 11.6. The Morgan fingerprint density at radius 3 is 2.52 bits per heavy atom. The molecule has 0 spiro atoms. The van der Waals surface area contributed by atoms with E-state index in [1.54, 1.807) is 24.3 Å². The van der Waals surface area contributed by atoms with Crippen LogP contribution in [0, 0.1) is 15.9 Å². The molecule has 0 unspecified atom stereocenters. The summed E-state index contributed by atoms with van der Waals surface area (Å²) in [4.78, 5) is 10.5. The summed E-state index contributed by atoms with van der Waals surface area (Å²) in [5.74, 6) is -0.177. The third-order valence-corrected chi connectivity index (χ3v) is 4.01. The summed E-state index contributed by atoms with van der Waals surface area (Å²) < 4.78 is 19.0. The molecule has 0 atom stereocenters. The van der Waals surface area contributed by atoms with E-state index in [4.69, 9.17) is 4.74 Å². The minimum Gasteiger partial charge on any atom is -0.482 e. The number of alkyl halides is 1. The third-order valence-electron chi connectivity index (χ3n) is 2.75. The standard InChI is InChI=1S/C14H10Br2FNO3/c15-7-9-2-4-13(18(19)20)14(6-9)21-8-10-1-3-12(17)11(16)5-10/h1-6H,7-8H2. The first-order valence-corrected chi connectivity index (χ1v) is 7.82. The van der Waals surface area contributed by atoms with Gasteiger partial charge < -0.3 is 4.74 Å². The number of hydrogen-bond acceptors (Lipinski definition) is 3. The Bertz CT molecular complexity index is 679. The number of hydrogen-bond donors (Lipinski definition) is 0. The number of nitrogens with zero attached hydrogens (tertiary/aromatic N) is 1. The summed E-state index contributed by atoms with van der Waals surface area (Å²) in [6.45, 7) is 0.117. The molecule has 0 aliphatic carbocycles. The van der Waals surface area contributed by atoms with Gasteiger partial charge in [0.15, 0.2) is 5.75 Å². The molecule has 7 heteroatoms. The Hall–Kier alpha value is -1.47. The maximum Gasteiger partial charge on any atom is 0.310 e. The second-order valence-corrected chi connectivity index (χ2v) is 5.65. The lowest BCUT2D eigenvalue weighted by molar-refractivity contribution is -0.386. The molecule has 0 aliphatic rings. The first kappa shape index (κ1) is 15.9. The van der Waals surface area contributed by atoms with Crippen molar-refractivity contribution in [1.29, 1.82) is 0 Å². The van der Waals surface area contributed by atoms with Crippen LogP contribution in [0.25, 0.3) is 0 Å². The molecule has 0 aromatic heterocycles. The highest BCUT2D eigenvalue weighted by molar-refractivity contribution is 9.10. The molecule has 4 nitrogen and oxygen atoms in total. The van der Waals surface area contributed by atoms with Crippen molar-refractivity contribution in [2.24, 2.45) is 0 Å². The number of nitro groups is 1. The summed E-state index contributed by atoms with van der Waals surface area (Å²) >= 11 is 6.38.